The fourth-order valence-corrected chi connectivity index (χ4v) is 1.56. The topological polar surface area (TPSA) is 64.9 Å². The molecule has 0 aliphatic rings. The molecule has 0 atom stereocenters. The molecule has 0 spiro atoms. The lowest BCUT2D eigenvalue weighted by atomic mass is 10.1. The van der Waals surface area contributed by atoms with Crippen molar-refractivity contribution < 1.29 is 8.81 Å². The largest absolute Gasteiger partial charge is 0.425 e. The standard InChI is InChI=1S/C12H14FN3O/c13-10-4-2-1-3-9(10)5-6-11-15-16-12(17-11)7-8-14/h1-4H,5-8,14H2. The number of nitrogens with two attached hydrogens (primary N) is 1. The summed E-state index contributed by atoms with van der Waals surface area (Å²) in [6, 6.07) is 6.69. The molecule has 0 aliphatic heterocycles. The van der Waals surface area contributed by atoms with Crippen LogP contribution in [0.2, 0.25) is 0 Å². The van der Waals surface area contributed by atoms with E-state index in [1.165, 1.54) is 6.07 Å². The summed E-state index contributed by atoms with van der Waals surface area (Å²) in [4.78, 5) is 0. The summed E-state index contributed by atoms with van der Waals surface area (Å²) in [5, 5.41) is 7.74. The van der Waals surface area contributed by atoms with Crippen molar-refractivity contribution >= 4 is 0 Å². The maximum atomic E-state index is 13.3. The van der Waals surface area contributed by atoms with Gasteiger partial charge in [0, 0.05) is 19.4 Å². The van der Waals surface area contributed by atoms with E-state index in [4.69, 9.17) is 10.2 Å². The number of nitrogens with zero attached hydrogens (tertiary/aromatic N) is 2. The average Bonchev–Trinajstić information content (AvgIpc) is 2.76. The van der Waals surface area contributed by atoms with Crippen LogP contribution in [0.4, 0.5) is 4.39 Å². The van der Waals surface area contributed by atoms with Crippen molar-refractivity contribution in [2.75, 3.05) is 6.54 Å². The van der Waals surface area contributed by atoms with Crippen LogP contribution in [0, 0.1) is 5.82 Å². The Kier molecular flexibility index (Phi) is 3.82. The van der Waals surface area contributed by atoms with Crippen LogP contribution in [0.15, 0.2) is 28.7 Å². The van der Waals surface area contributed by atoms with Crippen LogP contribution in [0.1, 0.15) is 17.3 Å². The van der Waals surface area contributed by atoms with Crippen LogP contribution >= 0.6 is 0 Å². The Labute approximate surface area is 98.7 Å². The number of hydrogen-bond donors (Lipinski definition) is 1. The van der Waals surface area contributed by atoms with Gasteiger partial charge in [0.1, 0.15) is 5.82 Å². The number of benzene rings is 1. The zero-order chi connectivity index (χ0) is 12.1. The smallest absolute Gasteiger partial charge is 0.217 e. The monoisotopic (exact) mass is 235 g/mol. The van der Waals surface area contributed by atoms with Crippen molar-refractivity contribution in [2.45, 2.75) is 19.3 Å². The van der Waals surface area contributed by atoms with Crippen molar-refractivity contribution in [3.63, 3.8) is 0 Å². The van der Waals surface area contributed by atoms with Crippen LogP contribution in [0.3, 0.4) is 0 Å². The van der Waals surface area contributed by atoms with Crippen molar-refractivity contribution in [3.8, 4) is 0 Å². The Hall–Kier alpha value is -1.75. The Morgan fingerprint density at radius 3 is 2.47 bits per heavy atom. The lowest BCUT2D eigenvalue weighted by Crippen LogP contribution is -2.02. The van der Waals surface area contributed by atoms with Gasteiger partial charge in [-0.25, -0.2) is 4.39 Å². The highest BCUT2D eigenvalue weighted by Gasteiger charge is 2.07. The molecule has 4 nitrogen and oxygen atoms in total. The van der Waals surface area contributed by atoms with Gasteiger partial charge >= 0.3 is 0 Å². The third-order valence-corrected chi connectivity index (χ3v) is 2.43. The lowest BCUT2D eigenvalue weighted by molar-refractivity contribution is 0.448. The summed E-state index contributed by atoms with van der Waals surface area (Å²) in [7, 11) is 0. The van der Waals surface area contributed by atoms with Crippen molar-refractivity contribution in [2.24, 2.45) is 5.73 Å². The Morgan fingerprint density at radius 1 is 1.06 bits per heavy atom. The highest BCUT2D eigenvalue weighted by molar-refractivity contribution is 5.17. The quantitative estimate of drug-likeness (QED) is 0.852. The molecule has 0 aliphatic carbocycles. The lowest BCUT2D eigenvalue weighted by Gasteiger charge is -1.99. The Balaban J connectivity index is 1.95. The van der Waals surface area contributed by atoms with E-state index in [0.717, 1.165) is 0 Å². The first-order chi connectivity index (χ1) is 8.29. The van der Waals surface area contributed by atoms with E-state index in [1.807, 2.05) is 6.07 Å². The van der Waals surface area contributed by atoms with E-state index in [0.29, 0.717) is 43.2 Å². The molecule has 17 heavy (non-hydrogen) atoms. The minimum absolute atomic E-state index is 0.200. The molecule has 0 radical (unpaired) electrons. The second-order valence-electron chi connectivity index (χ2n) is 3.72. The first-order valence-corrected chi connectivity index (χ1v) is 5.54. The van der Waals surface area contributed by atoms with Gasteiger partial charge in [-0.1, -0.05) is 18.2 Å². The molecular formula is C12H14FN3O. The summed E-state index contributed by atoms with van der Waals surface area (Å²) in [6.45, 7) is 0.481. The second kappa shape index (κ2) is 5.54. The van der Waals surface area contributed by atoms with E-state index in [2.05, 4.69) is 10.2 Å². The van der Waals surface area contributed by atoms with Gasteiger partial charge < -0.3 is 10.2 Å². The molecule has 0 fully saturated rings. The molecule has 0 saturated carbocycles. The third-order valence-electron chi connectivity index (χ3n) is 2.43. The maximum Gasteiger partial charge on any atom is 0.217 e. The van der Waals surface area contributed by atoms with Crippen LogP contribution < -0.4 is 5.73 Å². The minimum Gasteiger partial charge on any atom is -0.425 e. The van der Waals surface area contributed by atoms with Gasteiger partial charge in [-0.15, -0.1) is 10.2 Å². The molecule has 0 bridgehead atoms. The predicted octanol–water partition coefficient (Wildman–Crippen LogP) is 1.50. The van der Waals surface area contributed by atoms with Gasteiger partial charge in [-0.3, -0.25) is 0 Å². The van der Waals surface area contributed by atoms with E-state index < -0.39 is 0 Å². The molecule has 0 saturated heterocycles. The molecule has 1 aromatic carbocycles. The van der Waals surface area contributed by atoms with Gasteiger partial charge in [-0.05, 0) is 18.1 Å². The van der Waals surface area contributed by atoms with Crippen LogP contribution in [0.5, 0.6) is 0 Å². The van der Waals surface area contributed by atoms with Crippen molar-refractivity contribution in [1.82, 2.24) is 10.2 Å². The number of aryl methyl sites for hydroxylation is 2. The van der Waals surface area contributed by atoms with E-state index in [-0.39, 0.29) is 5.82 Å². The van der Waals surface area contributed by atoms with Crippen molar-refractivity contribution in [3.05, 3.63) is 47.4 Å². The molecule has 0 amide bonds. The molecule has 90 valence electrons. The molecular weight excluding hydrogens is 221 g/mol. The Morgan fingerprint density at radius 2 is 1.76 bits per heavy atom. The fraction of sp³-hybridized carbons (Fsp3) is 0.333. The molecule has 2 aromatic rings. The van der Waals surface area contributed by atoms with Crippen LogP contribution in [-0.2, 0) is 19.3 Å². The molecule has 2 N–H and O–H groups in total. The number of hydrogen-bond acceptors (Lipinski definition) is 4. The summed E-state index contributed by atoms with van der Waals surface area (Å²) >= 11 is 0. The summed E-state index contributed by atoms with van der Waals surface area (Å²) in [6.07, 6.45) is 1.67. The van der Waals surface area contributed by atoms with E-state index in [9.17, 15) is 4.39 Å². The molecule has 0 unspecified atom stereocenters. The summed E-state index contributed by atoms with van der Waals surface area (Å²) in [5.74, 6) is 0.863. The van der Waals surface area contributed by atoms with Crippen molar-refractivity contribution in [1.29, 1.82) is 0 Å². The number of halogens is 1. The zero-order valence-corrected chi connectivity index (χ0v) is 9.40. The minimum atomic E-state index is -0.200. The SMILES string of the molecule is NCCc1nnc(CCc2ccccc2F)o1. The normalized spacial score (nSPS) is 10.7. The maximum absolute atomic E-state index is 13.3. The fourth-order valence-electron chi connectivity index (χ4n) is 1.56. The molecule has 1 aromatic heterocycles. The second-order valence-corrected chi connectivity index (χ2v) is 3.72. The highest BCUT2D eigenvalue weighted by Crippen LogP contribution is 2.10. The Bertz CT molecular complexity index is 484. The molecule has 1 heterocycles. The summed E-state index contributed by atoms with van der Waals surface area (Å²) in [5.41, 5.74) is 6.04. The third kappa shape index (κ3) is 3.10. The molecule has 5 heteroatoms. The van der Waals surface area contributed by atoms with Gasteiger partial charge in [0.25, 0.3) is 0 Å². The average molecular weight is 235 g/mol. The van der Waals surface area contributed by atoms with E-state index >= 15 is 0 Å². The zero-order valence-electron chi connectivity index (χ0n) is 9.40. The van der Waals surface area contributed by atoms with Gasteiger partial charge in [-0.2, -0.15) is 0 Å². The highest BCUT2D eigenvalue weighted by atomic mass is 19.1. The predicted molar refractivity (Wildman–Crippen MR) is 60.9 cm³/mol. The van der Waals surface area contributed by atoms with Crippen LogP contribution in [0.25, 0.3) is 0 Å². The molecule has 2 rings (SSSR count). The van der Waals surface area contributed by atoms with E-state index in [1.54, 1.807) is 12.1 Å². The number of rotatable bonds is 5. The first kappa shape index (κ1) is 11.7. The van der Waals surface area contributed by atoms with Gasteiger partial charge in [0.15, 0.2) is 0 Å². The van der Waals surface area contributed by atoms with Gasteiger partial charge in [0.2, 0.25) is 11.8 Å². The first-order valence-electron chi connectivity index (χ1n) is 5.54. The number of aromatic nitrogens is 2. The summed E-state index contributed by atoms with van der Waals surface area (Å²) < 4.78 is 18.7. The van der Waals surface area contributed by atoms with Gasteiger partial charge in [0.05, 0.1) is 0 Å². The van der Waals surface area contributed by atoms with Crippen LogP contribution in [-0.4, -0.2) is 16.7 Å².